The first-order valence-corrected chi connectivity index (χ1v) is 6.32. The van der Waals surface area contributed by atoms with E-state index in [-0.39, 0.29) is 18.3 Å². The molecular weight excluding hydrogens is 271 g/mol. The molecule has 1 aromatic carbocycles. The molecule has 1 amide bonds. The van der Waals surface area contributed by atoms with E-state index >= 15 is 0 Å². The summed E-state index contributed by atoms with van der Waals surface area (Å²) in [6.07, 6.45) is 1.01. The Balaban J connectivity index is 0.00000162. The van der Waals surface area contributed by atoms with Gasteiger partial charge in [0.1, 0.15) is 0 Å². The molecule has 1 saturated heterocycles. The van der Waals surface area contributed by atoms with Crippen LogP contribution in [0.15, 0.2) is 18.2 Å². The van der Waals surface area contributed by atoms with Gasteiger partial charge in [-0.2, -0.15) is 0 Å². The Kier molecular flexibility index (Phi) is 5.93. The number of aryl methyl sites for hydroxylation is 1. The lowest BCUT2D eigenvalue weighted by Crippen LogP contribution is -2.34. The van der Waals surface area contributed by atoms with Gasteiger partial charge in [0.25, 0.3) is 5.91 Å². The fourth-order valence-corrected chi connectivity index (χ4v) is 2.14. The van der Waals surface area contributed by atoms with Crippen molar-refractivity contribution in [3.05, 3.63) is 34.3 Å². The molecular formula is C13H18Cl2N2O. The van der Waals surface area contributed by atoms with Crippen LogP contribution in [0.5, 0.6) is 0 Å². The summed E-state index contributed by atoms with van der Waals surface area (Å²) in [5.74, 6) is 0.0793. The van der Waals surface area contributed by atoms with Crippen LogP contribution >= 0.6 is 24.0 Å². The molecule has 3 nitrogen and oxygen atoms in total. The molecule has 0 spiro atoms. The van der Waals surface area contributed by atoms with Crippen molar-refractivity contribution >= 4 is 29.9 Å². The first-order valence-electron chi connectivity index (χ1n) is 5.94. The third kappa shape index (κ3) is 3.61. The number of nitrogens with zero attached hydrogens (tertiary/aromatic N) is 1. The van der Waals surface area contributed by atoms with Crippen molar-refractivity contribution in [2.24, 2.45) is 0 Å². The molecule has 2 rings (SSSR count). The van der Waals surface area contributed by atoms with Crippen molar-refractivity contribution in [1.29, 1.82) is 0 Å². The van der Waals surface area contributed by atoms with Gasteiger partial charge in [-0.3, -0.25) is 4.79 Å². The lowest BCUT2D eigenvalue weighted by Gasteiger charge is -2.20. The molecule has 1 aliphatic heterocycles. The van der Waals surface area contributed by atoms with Gasteiger partial charge in [0.2, 0.25) is 0 Å². The van der Waals surface area contributed by atoms with E-state index in [4.69, 9.17) is 11.6 Å². The molecule has 1 aromatic rings. The molecule has 0 unspecified atom stereocenters. The summed E-state index contributed by atoms with van der Waals surface area (Å²) in [4.78, 5) is 14.1. The van der Waals surface area contributed by atoms with Gasteiger partial charge >= 0.3 is 0 Å². The largest absolute Gasteiger partial charge is 0.337 e. The summed E-state index contributed by atoms with van der Waals surface area (Å²) in [5.41, 5.74) is 1.68. The van der Waals surface area contributed by atoms with Crippen LogP contribution in [0.25, 0.3) is 0 Å². The average Bonchev–Trinajstić information content (AvgIpc) is 2.60. The second-order valence-corrected chi connectivity index (χ2v) is 4.77. The monoisotopic (exact) mass is 288 g/mol. The molecule has 0 bridgehead atoms. The highest BCUT2D eigenvalue weighted by Crippen LogP contribution is 2.18. The fourth-order valence-electron chi connectivity index (χ4n) is 1.96. The maximum absolute atomic E-state index is 12.3. The van der Waals surface area contributed by atoms with Gasteiger partial charge in [-0.1, -0.05) is 17.7 Å². The Morgan fingerprint density at radius 2 is 2.11 bits per heavy atom. The van der Waals surface area contributed by atoms with Crippen molar-refractivity contribution in [3.8, 4) is 0 Å². The summed E-state index contributed by atoms with van der Waals surface area (Å²) in [6, 6.07) is 5.51. The van der Waals surface area contributed by atoms with Crippen molar-refractivity contribution in [3.63, 3.8) is 0 Å². The lowest BCUT2D eigenvalue weighted by molar-refractivity contribution is 0.0766. The zero-order valence-electron chi connectivity index (χ0n) is 10.4. The lowest BCUT2D eigenvalue weighted by atomic mass is 10.1. The number of benzene rings is 1. The zero-order chi connectivity index (χ0) is 12.3. The number of nitrogens with one attached hydrogen (secondary N) is 1. The van der Waals surface area contributed by atoms with Crippen LogP contribution in [0.2, 0.25) is 5.02 Å². The summed E-state index contributed by atoms with van der Waals surface area (Å²) in [6.45, 7) is 5.37. The van der Waals surface area contributed by atoms with Crippen molar-refractivity contribution in [1.82, 2.24) is 10.2 Å². The van der Waals surface area contributed by atoms with E-state index in [9.17, 15) is 4.79 Å². The standard InChI is InChI=1S/C13H17ClN2O.ClH/c1-10-3-4-11(9-12(10)14)13(17)16-7-2-5-15-6-8-16;/h3-4,9,15H,2,5-8H2,1H3;1H. The number of amides is 1. The number of halogens is 2. The van der Waals surface area contributed by atoms with Crippen LogP contribution in [0.1, 0.15) is 22.3 Å². The molecule has 0 atom stereocenters. The van der Waals surface area contributed by atoms with Crippen molar-refractivity contribution in [2.75, 3.05) is 26.2 Å². The van der Waals surface area contributed by atoms with Crippen LogP contribution in [-0.4, -0.2) is 37.0 Å². The van der Waals surface area contributed by atoms with Gasteiger partial charge in [0, 0.05) is 30.2 Å². The van der Waals surface area contributed by atoms with Gasteiger partial charge < -0.3 is 10.2 Å². The topological polar surface area (TPSA) is 32.3 Å². The molecule has 5 heteroatoms. The predicted octanol–water partition coefficient (Wildman–Crippen LogP) is 2.51. The number of rotatable bonds is 1. The first kappa shape index (κ1) is 15.3. The molecule has 18 heavy (non-hydrogen) atoms. The molecule has 0 aliphatic carbocycles. The minimum atomic E-state index is 0. The van der Waals surface area contributed by atoms with E-state index in [0.717, 1.165) is 38.2 Å². The number of carbonyl (C=O) groups is 1. The normalized spacial score (nSPS) is 15.8. The molecule has 1 aliphatic rings. The minimum absolute atomic E-state index is 0. The van der Waals surface area contributed by atoms with Gasteiger partial charge in [0.05, 0.1) is 0 Å². The Morgan fingerprint density at radius 1 is 1.33 bits per heavy atom. The van der Waals surface area contributed by atoms with E-state index in [0.29, 0.717) is 10.6 Å². The second-order valence-electron chi connectivity index (χ2n) is 4.36. The molecule has 0 saturated carbocycles. The quantitative estimate of drug-likeness (QED) is 0.861. The number of hydrogen-bond donors (Lipinski definition) is 1. The average molecular weight is 289 g/mol. The first-order chi connectivity index (χ1) is 8.18. The van der Waals surface area contributed by atoms with Gasteiger partial charge in [-0.05, 0) is 37.6 Å². The Labute approximate surface area is 119 Å². The summed E-state index contributed by atoms with van der Waals surface area (Å²) in [7, 11) is 0. The smallest absolute Gasteiger partial charge is 0.253 e. The molecule has 1 fully saturated rings. The maximum Gasteiger partial charge on any atom is 0.253 e. The van der Waals surface area contributed by atoms with Gasteiger partial charge in [-0.25, -0.2) is 0 Å². The van der Waals surface area contributed by atoms with Crippen LogP contribution in [0.4, 0.5) is 0 Å². The Bertz CT molecular complexity index is 415. The number of carbonyl (C=O) groups excluding carboxylic acids is 1. The zero-order valence-corrected chi connectivity index (χ0v) is 12.0. The van der Waals surface area contributed by atoms with Crippen LogP contribution in [-0.2, 0) is 0 Å². The van der Waals surface area contributed by atoms with E-state index < -0.39 is 0 Å². The molecule has 100 valence electrons. The predicted molar refractivity (Wildman–Crippen MR) is 76.8 cm³/mol. The third-order valence-electron chi connectivity index (χ3n) is 3.05. The van der Waals surface area contributed by atoms with E-state index in [1.165, 1.54) is 0 Å². The van der Waals surface area contributed by atoms with Crippen LogP contribution in [0, 0.1) is 6.92 Å². The maximum atomic E-state index is 12.3. The van der Waals surface area contributed by atoms with Crippen molar-refractivity contribution in [2.45, 2.75) is 13.3 Å². The van der Waals surface area contributed by atoms with Gasteiger partial charge in [0.15, 0.2) is 0 Å². The van der Waals surface area contributed by atoms with Crippen LogP contribution in [0.3, 0.4) is 0 Å². The third-order valence-corrected chi connectivity index (χ3v) is 3.45. The molecule has 0 radical (unpaired) electrons. The van der Waals surface area contributed by atoms with E-state index in [2.05, 4.69) is 5.32 Å². The molecule has 1 N–H and O–H groups in total. The van der Waals surface area contributed by atoms with Crippen molar-refractivity contribution < 1.29 is 4.79 Å². The van der Waals surface area contributed by atoms with E-state index in [1.54, 1.807) is 6.07 Å². The van der Waals surface area contributed by atoms with Crippen LogP contribution < -0.4 is 5.32 Å². The highest BCUT2D eigenvalue weighted by atomic mass is 35.5. The SMILES string of the molecule is Cc1ccc(C(=O)N2CCCNCC2)cc1Cl.Cl. The number of hydrogen-bond acceptors (Lipinski definition) is 2. The Morgan fingerprint density at radius 3 is 2.83 bits per heavy atom. The van der Waals surface area contributed by atoms with Gasteiger partial charge in [-0.15, -0.1) is 12.4 Å². The molecule has 1 heterocycles. The second kappa shape index (κ2) is 6.98. The van der Waals surface area contributed by atoms with E-state index in [1.807, 2.05) is 24.0 Å². The fraction of sp³-hybridized carbons (Fsp3) is 0.462. The highest BCUT2D eigenvalue weighted by molar-refractivity contribution is 6.31. The summed E-state index contributed by atoms with van der Waals surface area (Å²) >= 11 is 6.05. The summed E-state index contributed by atoms with van der Waals surface area (Å²) in [5, 5.41) is 3.94. The highest BCUT2D eigenvalue weighted by Gasteiger charge is 2.17. The Hall–Kier alpha value is -0.770. The summed E-state index contributed by atoms with van der Waals surface area (Å²) < 4.78 is 0. The minimum Gasteiger partial charge on any atom is -0.337 e. The molecule has 0 aromatic heterocycles.